The Morgan fingerprint density at radius 3 is 2.83 bits per heavy atom. The summed E-state index contributed by atoms with van der Waals surface area (Å²) in [6.45, 7) is 6.81. The van der Waals surface area contributed by atoms with E-state index < -0.39 is 0 Å². The van der Waals surface area contributed by atoms with Crippen LogP contribution in [0.1, 0.15) is 30.7 Å². The highest BCUT2D eigenvalue weighted by Gasteiger charge is 2.18. The molecule has 2 aromatic rings. The largest absolute Gasteiger partial charge is 0.475 e. The summed E-state index contributed by atoms with van der Waals surface area (Å²) in [7, 11) is 0. The average molecular weight is 330 g/mol. The van der Waals surface area contributed by atoms with Crippen molar-refractivity contribution in [1.29, 1.82) is 0 Å². The zero-order valence-electron chi connectivity index (χ0n) is 13.8. The lowest BCUT2D eigenvalue weighted by Crippen LogP contribution is -2.31. The lowest BCUT2D eigenvalue weighted by Gasteiger charge is -2.27. The van der Waals surface area contributed by atoms with Crippen molar-refractivity contribution >= 4 is 11.8 Å². The van der Waals surface area contributed by atoms with Crippen molar-refractivity contribution in [3.05, 3.63) is 41.3 Å². The molecule has 0 N–H and O–H groups in total. The molecule has 0 aliphatic carbocycles. The minimum atomic E-state index is 0.151. The van der Waals surface area contributed by atoms with Gasteiger partial charge in [-0.3, -0.25) is 4.90 Å². The molecule has 0 fully saturated rings. The number of pyridine rings is 1. The van der Waals surface area contributed by atoms with E-state index in [0.717, 1.165) is 31.2 Å². The van der Waals surface area contributed by atoms with E-state index in [9.17, 15) is 0 Å². The zero-order valence-corrected chi connectivity index (χ0v) is 14.6. The highest BCUT2D eigenvalue weighted by Crippen LogP contribution is 2.21. The van der Waals surface area contributed by atoms with Crippen LogP contribution in [0.25, 0.3) is 0 Å². The van der Waals surface area contributed by atoms with Crippen LogP contribution in [0.3, 0.4) is 0 Å². The highest BCUT2D eigenvalue weighted by atomic mass is 32.2. The standard InChI is InChI=1S/C17H22N4OS/c1-12(2)22-16-5-4-13(8-18-16)10-21-7-6-15-14(11-21)9-19-17(20-15)23-3/h4-5,8-9,12H,6-7,10-11H2,1-3H3. The predicted molar refractivity (Wildman–Crippen MR) is 91.6 cm³/mol. The molecular weight excluding hydrogens is 308 g/mol. The number of thioether (sulfide) groups is 1. The highest BCUT2D eigenvalue weighted by molar-refractivity contribution is 7.98. The second kappa shape index (κ2) is 7.27. The minimum Gasteiger partial charge on any atom is -0.475 e. The molecule has 0 aromatic carbocycles. The number of aromatic nitrogens is 3. The first-order valence-electron chi connectivity index (χ1n) is 7.87. The Hall–Kier alpha value is -1.66. The van der Waals surface area contributed by atoms with Crippen LogP contribution in [0.4, 0.5) is 0 Å². The van der Waals surface area contributed by atoms with Crippen molar-refractivity contribution in [2.75, 3.05) is 12.8 Å². The van der Waals surface area contributed by atoms with Gasteiger partial charge in [0.2, 0.25) is 5.88 Å². The van der Waals surface area contributed by atoms with Gasteiger partial charge >= 0.3 is 0 Å². The molecule has 0 radical (unpaired) electrons. The Labute approximate surface area is 141 Å². The van der Waals surface area contributed by atoms with Gasteiger partial charge in [-0.05, 0) is 25.7 Å². The zero-order chi connectivity index (χ0) is 16.2. The Bertz CT molecular complexity index is 660. The van der Waals surface area contributed by atoms with Crippen LogP contribution in [0.2, 0.25) is 0 Å². The fourth-order valence-corrected chi connectivity index (χ4v) is 3.02. The van der Waals surface area contributed by atoms with E-state index in [4.69, 9.17) is 4.74 Å². The molecule has 0 amide bonds. The van der Waals surface area contributed by atoms with Crippen LogP contribution in [0.5, 0.6) is 5.88 Å². The first-order valence-corrected chi connectivity index (χ1v) is 9.09. The lowest BCUT2D eigenvalue weighted by atomic mass is 10.1. The first-order chi connectivity index (χ1) is 11.1. The summed E-state index contributed by atoms with van der Waals surface area (Å²) in [6, 6.07) is 4.04. The number of hydrogen-bond donors (Lipinski definition) is 0. The molecule has 0 bridgehead atoms. The predicted octanol–water partition coefficient (Wildman–Crippen LogP) is 2.94. The molecule has 2 aromatic heterocycles. The van der Waals surface area contributed by atoms with Crippen molar-refractivity contribution in [2.45, 2.75) is 44.6 Å². The van der Waals surface area contributed by atoms with Crippen molar-refractivity contribution < 1.29 is 4.74 Å². The van der Waals surface area contributed by atoms with Crippen molar-refractivity contribution in [2.24, 2.45) is 0 Å². The summed E-state index contributed by atoms with van der Waals surface area (Å²) >= 11 is 1.59. The maximum atomic E-state index is 5.58. The van der Waals surface area contributed by atoms with Gasteiger partial charge in [0, 0.05) is 50.1 Å². The fourth-order valence-electron chi connectivity index (χ4n) is 2.66. The second-order valence-electron chi connectivity index (χ2n) is 5.96. The van der Waals surface area contributed by atoms with Gasteiger partial charge in [-0.1, -0.05) is 17.8 Å². The second-order valence-corrected chi connectivity index (χ2v) is 6.73. The van der Waals surface area contributed by atoms with Crippen molar-refractivity contribution in [3.63, 3.8) is 0 Å². The van der Waals surface area contributed by atoms with Crippen LogP contribution in [-0.4, -0.2) is 38.8 Å². The molecule has 122 valence electrons. The molecule has 6 heteroatoms. The first kappa shape index (κ1) is 16.2. The summed E-state index contributed by atoms with van der Waals surface area (Å²) in [5.41, 5.74) is 3.63. The SMILES string of the molecule is CSc1ncc2c(n1)CCN(Cc1ccc(OC(C)C)nc1)C2. The van der Waals surface area contributed by atoms with E-state index >= 15 is 0 Å². The summed E-state index contributed by atoms with van der Waals surface area (Å²) in [5.74, 6) is 0.686. The van der Waals surface area contributed by atoms with Crippen molar-refractivity contribution in [3.8, 4) is 5.88 Å². The van der Waals surface area contributed by atoms with Gasteiger partial charge in [-0.25, -0.2) is 15.0 Å². The fraction of sp³-hybridized carbons (Fsp3) is 0.471. The number of rotatable bonds is 5. The molecule has 23 heavy (non-hydrogen) atoms. The maximum absolute atomic E-state index is 5.58. The summed E-state index contributed by atoms with van der Waals surface area (Å²) in [6.07, 6.45) is 7.01. The van der Waals surface area contributed by atoms with Crippen molar-refractivity contribution in [1.82, 2.24) is 19.9 Å². The van der Waals surface area contributed by atoms with Gasteiger partial charge in [0.15, 0.2) is 5.16 Å². The van der Waals surface area contributed by atoms with E-state index in [0.29, 0.717) is 5.88 Å². The molecule has 0 saturated heterocycles. The molecule has 0 atom stereocenters. The molecule has 0 saturated carbocycles. The van der Waals surface area contributed by atoms with E-state index in [1.165, 1.54) is 16.8 Å². The molecule has 0 spiro atoms. The summed E-state index contributed by atoms with van der Waals surface area (Å²) < 4.78 is 5.58. The number of hydrogen-bond acceptors (Lipinski definition) is 6. The lowest BCUT2D eigenvalue weighted by molar-refractivity contribution is 0.230. The Morgan fingerprint density at radius 1 is 1.26 bits per heavy atom. The summed E-state index contributed by atoms with van der Waals surface area (Å²) in [4.78, 5) is 15.8. The number of ether oxygens (including phenoxy) is 1. The Kier molecular flexibility index (Phi) is 5.13. The average Bonchev–Trinajstić information content (AvgIpc) is 2.55. The molecule has 1 aliphatic heterocycles. The van der Waals surface area contributed by atoms with Crippen LogP contribution in [0, 0.1) is 0 Å². The van der Waals surface area contributed by atoms with Gasteiger partial charge in [-0.15, -0.1) is 0 Å². The van der Waals surface area contributed by atoms with Gasteiger partial charge in [0.1, 0.15) is 0 Å². The molecule has 0 unspecified atom stereocenters. The third-order valence-corrected chi connectivity index (χ3v) is 4.30. The van der Waals surface area contributed by atoms with Crippen LogP contribution < -0.4 is 4.74 Å². The Morgan fingerprint density at radius 2 is 2.13 bits per heavy atom. The Balaban J connectivity index is 1.63. The van der Waals surface area contributed by atoms with Crippen LogP contribution in [-0.2, 0) is 19.5 Å². The quantitative estimate of drug-likeness (QED) is 0.620. The van der Waals surface area contributed by atoms with E-state index in [1.54, 1.807) is 11.8 Å². The van der Waals surface area contributed by atoms with Gasteiger partial charge in [-0.2, -0.15) is 0 Å². The maximum Gasteiger partial charge on any atom is 0.213 e. The third kappa shape index (κ3) is 4.20. The number of nitrogens with zero attached hydrogens (tertiary/aromatic N) is 4. The van der Waals surface area contributed by atoms with E-state index in [-0.39, 0.29) is 6.10 Å². The normalized spacial score (nSPS) is 14.8. The molecule has 1 aliphatic rings. The number of fused-ring (bicyclic) bond motifs is 1. The topological polar surface area (TPSA) is 51.1 Å². The van der Waals surface area contributed by atoms with Gasteiger partial charge in [0.25, 0.3) is 0 Å². The molecule has 5 nitrogen and oxygen atoms in total. The van der Waals surface area contributed by atoms with Gasteiger partial charge < -0.3 is 4.74 Å². The van der Waals surface area contributed by atoms with E-state index in [1.807, 2.05) is 38.6 Å². The monoisotopic (exact) mass is 330 g/mol. The van der Waals surface area contributed by atoms with Gasteiger partial charge in [0.05, 0.1) is 11.8 Å². The van der Waals surface area contributed by atoms with Crippen LogP contribution >= 0.6 is 11.8 Å². The molecular formula is C17H22N4OS. The third-order valence-electron chi connectivity index (χ3n) is 3.73. The van der Waals surface area contributed by atoms with E-state index in [2.05, 4.69) is 25.9 Å². The smallest absolute Gasteiger partial charge is 0.213 e. The molecule has 3 heterocycles. The molecule has 3 rings (SSSR count). The van der Waals surface area contributed by atoms with Crippen LogP contribution in [0.15, 0.2) is 29.7 Å². The summed E-state index contributed by atoms with van der Waals surface area (Å²) in [5, 5.41) is 0.863. The minimum absolute atomic E-state index is 0.151.